The van der Waals surface area contributed by atoms with Gasteiger partial charge in [-0.15, -0.1) is 0 Å². The predicted octanol–water partition coefficient (Wildman–Crippen LogP) is 5.15. The average molecular weight is 407 g/mol. The van der Waals surface area contributed by atoms with Gasteiger partial charge >= 0.3 is 0 Å². The van der Waals surface area contributed by atoms with Crippen molar-refractivity contribution in [2.24, 2.45) is 5.92 Å². The highest BCUT2D eigenvalue weighted by Crippen LogP contribution is 2.34. The van der Waals surface area contributed by atoms with Gasteiger partial charge in [0.15, 0.2) is 0 Å². The van der Waals surface area contributed by atoms with Gasteiger partial charge in [0.1, 0.15) is 5.67 Å². The van der Waals surface area contributed by atoms with E-state index in [-0.39, 0.29) is 17.9 Å². The molecule has 1 aromatic carbocycles. The minimum atomic E-state index is -1.56. The normalized spacial score (nSPS) is 21.0. The van der Waals surface area contributed by atoms with E-state index in [1.807, 2.05) is 13.8 Å². The van der Waals surface area contributed by atoms with Crippen LogP contribution in [0.15, 0.2) is 24.4 Å². The van der Waals surface area contributed by atoms with Crippen molar-refractivity contribution in [1.29, 1.82) is 0 Å². The molecule has 1 aliphatic carbocycles. The van der Waals surface area contributed by atoms with Crippen LogP contribution in [0.3, 0.4) is 0 Å². The van der Waals surface area contributed by atoms with Crippen molar-refractivity contribution in [3.63, 3.8) is 0 Å². The van der Waals surface area contributed by atoms with Gasteiger partial charge in [-0.2, -0.15) is 0 Å². The van der Waals surface area contributed by atoms with E-state index in [1.54, 1.807) is 18.2 Å². The number of pyridine rings is 1. The van der Waals surface area contributed by atoms with Crippen LogP contribution in [-0.2, 0) is 5.67 Å². The van der Waals surface area contributed by atoms with E-state index in [4.69, 9.17) is 11.6 Å². The van der Waals surface area contributed by atoms with E-state index >= 15 is 0 Å². The standard InChI is InChI=1S/C22H28ClFN2O2/c1-21(2,24)17-11-19-13(10-18(17)23)9-14(12-25-19)20(27)26-16-7-5-15(6-8-16)22(3,4)28/h9-12,15-16,28H,5-8H2,1-4H3,(H,26,27). The van der Waals surface area contributed by atoms with E-state index in [0.717, 1.165) is 25.7 Å². The van der Waals surface area contributed by atoms with Gasteiger partial charge in [-0.25, -0.2) is 4.39 Å². The van der Waals surface area contributed by atoms with Crippen LogP contribution in [0, 0.1) is 5.92 Å². The Morgan fingerprint density at radius 1 is 1.18 bits per heavy atom. The molecule has 1 fully saturated rings. The lowest BCUT2D eigenvalue weighted by atomic mass is 9.77. The molecule has 2 N–H and O–H groups in total. The molecular formula is C22H28ClFN2O2. The van der Waals surface area contributed by atoms with Gasteiger partial charge in [-0.3, -0.25) is 9.78 Å². The Morgan fingerprint density at radius 3 is 2.39 bits per heavy atom. The van der Waals surface area contributed by atoms with Gasteiger partial charge in [0.25, 0.3) is 5.91 Å². The second-order valence-electron chi connectivity index (χ2n) is 8.90. The largest absolute Gasteiger partial charge is 0.390 e. The maximum atomic E-state index is 14.3. The van der Waals surface area contributed by atoms with Crippen molar-refractivity contribution in [1.82, 2.24) is 10.3 Å². The first-order valence-electron chi connectivity index (χ1n) is 9.77. The zero-order valence-electron chi connectivity index (χ0n) is 16.9. The number of hydrogen-bond acceptors (Lipinski definition) is 3. The molecule has 0 radical (unpaired) electrons. The van der Waals surface area contributed by atoms with Gasteiger partial charge in [-0.05, 0) is 77.5 Å². The Balaban J connectivity index is 1.73. The number of halogens is 2. The number of alkyl halides is 1. The van der Waals surface area contributed by atoms with Gasteiger partial charge in [-0.1, -0.05) is 11.6 Å². The van der Waals surface area contributed by atoms with Crippen LogP contribution in [0.5, 0.6) is 0 Å². The Labute approximate surface area is 170 Å². The molecule has 1 aliphatic rings. The molecule has 6 heteroatoms. The third-order valence-corrected chi connectivity index (χ3v) is 6.05. The maximum Gasteiger partial charge on any atom is 0.253 e. The van der Waals surface area contributed by atoms with Gasteiger partial charge in [0.05, 0.1) is 16.7 Å². The number of aliphatic hydroxyl groups is 1. The minimum absolute atomic E-state index is 0.0973. The summed E-state index contributed by atoms with van der Waals surface area (Å²) in [6, 6.07) is 5.13. The first kappa shape index (κ1) is 21.0. The summed E-state index contributed by atoms with van der Waals surface area (Å²) in [6.07, 6.45) is 5.00. The number of benzene rings is 1. The van der Waals surface area contributed by atoms with Crippen molar-refractivity contribution in [2.75, 3.05) is 0 Å². The summed E-state index contributed by atoms with van der Waals surface area (Å²) < 4.78 is 14.3. The summed E-state index contributed by atoms with van der Waals surface area (Å²) in [5.41, 5.74) is -0.795. The number of carbonyl (C=O) groups excluding carboxylic acids is 1. The van der Waals surface area contributed by atoms with Crippen molar-refractivity contribution in [2.45, 2.75) is 70.7 Å². The van der Waals surface area contributed by atoms with Crippen LogP contribution in [0.4, 0.5) is 4.39 Å². The number of aromatic nitrogens is 1. The molecule has 4 nitrogen and oxygen atoms in total. The lowest BCUT2D eigenvalue weighted by molar-refractivity contribution is -0.00257. The monoisotopic (exact) mass is 406 g/mol. The second-order valence-corrected chi connectivity index (χ2v) is 9.30. The number of nitrogens with zero attached hydrogens (tertiary/aromatic N) is 1. The molecule has 0 bridgehead atoms. The van der Waals surface area contributed by atoms with Crippen molar-refractivity contribution in [3.8, 4) is 0 Å². The molecule has 3 rings (SSSR count). The molecule has 0 aliphatic heterocycles. The molecule has 0 atom stereocenters. The topological polar surface area (TPSA) is 62.2 Å². The molecule has 28 heavy (non-hydrogen) atoms. The van der Waals surface area contributed by atoms with Gasteiger partial charge in [0, 0.05) is 28.2 Å². The Morgan fingerprint density at radius 2 is 1.82 bits per heavy atom. The molecule has 152 valence electrons. The summed E-state index contributed by atoms with van der Waals surface area (Å²) in [4.78, 5) is 17.0. The fourth-order valence-corrected chi connectivity index (χ4v) is 4.34. The van der Waals surface area contributed by atoms with Crippen LogP contribution in [-0.4, -0.2) is 27.6 Å². The van der Waals surface area contributed by atoms with E-state index in [9.17, 15) is 14.3 Å². The number of carbonyl (C=O) groups is 1. The number of amides is 1. The molecule has 1 amide bonds. The number of rotatable bonds is 4. The highest BCUT2D eigenvalue weighted by Gasteiger charge is 2.32. The quantitative estimate of drug-likeness (QED) is 0.737. The lowest BCUT2D eigenvalue weighted by Crippen LogP contribution is -2.41. The lowest BCUT2D eigenvalue weighted by Gasteiger charge is -2.36. The van der Waals surface area contributed by atoms with Gasteiger partial charge < -0.3 is 10.4 Å². The smallest absolute Gasteiger partial charge is 0.253 e. The summed E-state index contributed by atoms with van der Waals surface area (Å²) in [5, 5.41) is 14.2. The second kappa shape index (κ2) is 7.60. The zero-order chi connectivity index (χ0) is 20.7. The molecule has 0 saturated heterocycles. The molecular weight excluding hydrogens is 379 g/mol. The Bertz CT molecular complexity index is 878. The fourth-order valence-electron chi connectivity index (χ4n) is 3.94. The van der Waals surface area contributed by atoms with Crippen LogP contribution in [0.2, 0.25) is 5.02 Å². The third-order valence-electron chi connectivity index (χ3n) is 5.73. The summed E-state index contributed by atoms with van der Waals surface area (Å²) in [6.45, 7) is 6.60. The van der Waals surface area contributed by atoms with E-state index in [1.165, 1.54) is 20.0 Å². The van der Waals surface area contributed by atoms with Crippen LogP contribution in [0.1, 0.15) is 69.3 Å². The summed E-state index contributed by atoms with van der Waals surface area (Å²) in [7, 11) is 0. The summed E-state index contributed by atoms with van der Waals surface area (Å²) >= 11 is 6.24. The first-order valence-corrected chi connectivity index (χ1v) is 10.1. The average Bonchev–Trinajstić information content (AvgIpc) is 2.59. The number of fused-ring (bicyclic) bond motifs is 1. The minimum Gasteiger partial charge on any atom is -0.390 e. The van der Waals surface area contributed by atoms with Gasteiger partial charge in [0.2, 0.25) is 0 Å². The first-order chi connectivity index (χ1) is 12.9. The number of nitrogens with one attached hydrogen (secondary N) is 1. The Hall–Kier alpha value is -1.72. The molecule has 0 unspecified atom stereocenters. The van der Waals surface area contributed by atoms with E-state index in [0.29, 0.717) is 27.1 Å². The highest BCUT2D eigenvalue weighted by atomic mass is 35.5. The third kappa shape index (κ3) is 4.64. The van der Waals surface area contributed by atoms with Crippen molar-refractivity contribution >= 4 is 28.4 Å². The fraction of sp³-hybridized carbons (Fsp3) is 0.545. The molecule has 2 aromatic rings. The molecule has 1 heterocycles. The van der Waals surface area contributed by atoms with E-state index in [2.05, 4.69) is 10.3 Å². The van der Waals surface area contributed by atoms with Crippen molar-refractivity contribution in [3.05, 3.63) is 40.5 Å². The summed E-state index contributed by atoms with van der Waals surface area (Å²) in [5.74, 6) is 0.0891. The Kier molecular flexibility index (Phi) is 5.70. The van der Waals surface area contributed by atoms with Crippen molar-refractivity contribution < 1.29 is 14.3 Å². The molecule has 1 saturated carbocycles. The maximum absolute atomic E-state index is 14.3. The van der Waals surface area contributed by atoms with Crippen LogP contribution >= 0.6 is 11.6 Å². The zero-order valence-corrected chi connectivity index (χ0v) is 17.6. The molecule has 0 spiro atoms. The SMILES string of the molecule is CC(C)(F)c1cc2ncc(C(=O)NC3CCC(C(C)(C)O)CC3)cc2cc1Cl. The highest BCUT2D eigenvalue weighted by molar-refractivity contribution is 6.32. The van der Waals surface area contributed by atoms with Crippen LogP contribution in [0.25, 0.3) is 10.9 Å². The number of hydrogen-bond donors (Lipinski definition) is 2. The van der Waals surface area contributed by atoms with Crippen LogP contribution < -0.4 is 5.32 Å². The van der Waals surface area contributed by atoms with E-state index < -0.39 is 11.3 Å². The predicted molar refractivity (Wildman–Crippen MR) is 110 cm³/mol. The molecule has 1 aromatic heterocycles.